The van der Waals surface area contributed by atoms with E-state index in [9.17, 15) is 24.4 Å². The molecule has 3 aromatic carbocycles. The summed E-state index contributed by atoms with van der Waals surface area (Å²) in [5.74, 6) is -0.984. The van der Waals surface area contributed by atoms with Gasteiger partial charge in [0.2, 0.25) is 5.91 Å². The summed E-state index contributed by atoms with van der Waals surface area (Å²) in [6.07, 6.45) is 1.32. The number of aryl methyl sites for hydroxylation is 1. The van der Waals surface area contributed by atoms with Crippen molar-refractivity contribution in [2.24, 2.45) is 5.92 Å². The average Bonchev–Trinajstić information content (AvgIpc) is 3.08. The number of esters is 1. The number of carbonyl (C=O) groups excluding carboxylic acids is 3. The van der Waals surface area contributed by atoms with Gasteiger partial charge in [-0.15, -0.1) is 0 Å². The van der Waals surface area contributed by atoms with E-state index in [2.05, 4.69) is 10.2 Å². The molecule has 2 atom stereocenters. The van der Waals surface area contributed by atoms with Crippen LogP contribution in [0.15, 0.2) is 78.9 Å². The van der Waals surface area contributed by atoms with E-state index in [1.165, 1.54) is 0 Å². The molecule has 49 heavy (non-hydrogen) atoms. The van der Waals surface area contributed by atoms with Gasteiger partial charge in [-0.3, -0.25) is 14.5 Å². The van der Waals surface area contributed by atoms with Crippen molar-refractivity contribution < 1.29 is 38.6 Å². The van der Waals surface area contributed by atoms with E-state index in [0.717, 1.165) is 30.0 Å². The molecule has 1 amide bonds. The van der Waals surface area contributed by atoms with Crippen molar-refractivity contribution in [3.8, 4) is 5.75 Å². The third kappa shape index (κ3) is 13.4. The van der Waals surface area contributed by atoms with Gasteiger partial charge in [-0.05, 0) is 74.4 Å². The average molecular weight is 673 g/mol. The highest BCUT2D eigenvalue weighted by molar-refractivity contribution is 6.58. The van der Waals surface area contributed by atoms with Gasteiger partial charge in [0, 0.05) is 38.3 Å². The molecule has 1 heterocycles. The summed E-state index contributed by atoms with van der Waals surface area (Å²) in [6.45, 7) is 9.05. The number of ketones is 1. The van der Waals surface area contributed by atoms with Gasteiger partial charge < -0.3 is 29.6 Å². The zero-order valence-electron chi connectivity index (χ0n) is 28.8. The lowest BCUT2D eigenvalue weighted by molar-refractivity contribution is -0.158. The van der Waals surface area contributed by atoms with Gasteiger partial charge in [0.15, 0.2) is 0 Å². The fourth-order valence-electron chi connectivity index (χ4n) is 5.65. The van der Waals surface area contributed by atoms with E-state index in [1.807, 2.05) is 54.6 Å². The maximum Gasteiger partial charge on any atom is 0.488 e. The largest absolute Gasteiger partial charge is 0.489 e. The van der Waals surface area contributed by atoms with E-state index in [-0.39, 0.29) is 30.5 Å². The van der Waals surface area contributed by atoms with Crippen molar-refractivity contribution >= 4 is 30.2 Å². The molecule has 0 spiro atoms. The first-order valence-corrected chi connectivity index (χ1v) is 17.0. The lowest BCUT2D eigenvalue weighted by atomic mass is 9.79. The van der Waals surface area contributed by atoms with Gasteiger partial charge in [0.1, 0.15) is 29.8 Å². The minimum absolute atomic E-state index is 0.0353. The van der Waals surface area contributed by atoms with Gasteiger partial charge in [-0.1, -0.05) is 66.7 Å². The minimum atomic E-state index is -1.67. The number of benzene rings is 3. The highest BCUT2D eigenvalue weighted by Gasteiger charge is 2.31. The van der Waals surface area contributed by atoms with Crippen molar-refractivity contribution in [1.82, 2.24) is 10.2 Å². The Morgan fingerprint density at radius 2 is 1.61 bits per heavy atom. The lowest BCUT2D eigenvalue weighted by Gasteiger charge is -2.29. The van der Waals surface area contributed by atoms with E-state index < -0.39 is 36.6 Å². The summed E-state index contributed by atoms with van der Waals surface area (Å²) in [6, 6.07) is 23.1. The van der Waals surface area contributed by atoms with Crippen LogP contribution in [-0.2, 0) is 43.3 Å². The molecule has 3 N–H and O–H groups in total. The summed E-state index contributed by atoms with van der Waals surface area (Å²) >= 11 is 0. The molecular formula is C38H49BN2O8. The Balaban J connectivity index is 1.43. The van der Waals surface area contributed by atoms with E-state index in [0.29, 0.717) is 44.8 Å². The summed E-state index contributed by atoms with van der Waals surface area (Å²) in [5.41, 5.74) is 2.13. The molecule has 0 saturated carbocycles. The van der Waals surface area contributed by atoms with Crippen molar-refractivity contribution in [3.63, 3.8) is 0 Å². The molecule has 0 aliphatic carbocycles. The number of morpholine rings is 1. The van der Waals surface area contributed by atoms with Gasteiger partial charge in [0.25, 0.3) is 0 Å². The number of carbonyl (C=O) groups is 3. The Kier molecular flexibility index (Phi) is 14.4. The molecule has 0 radical (unpaired) electrons. The standard InChI is InChI=1S/C38H49BN2O8/c1-38(2,3)49-37(44)35(25-30-12-7-13-32(23-30)39(45)46)40-36(43)31(17-18-41-19-21-47-22-20-41)26-33(42)16-15-28-11-8-14-34(24-28)48-27-29-9-5-4-6-10-29/h4-14,23-24,31,35,45-46H,15-22,25-27H2,1-3H3,(H,40,43)/t31-,35+/m1/s1. The first kappa shape index (κ1) is 37.8. The molecule has 10 nitrogen and oxygen atoms in total. The number of amides is 1. The van der Waals surface area contributed by atoms with E-state index in [1.54, 1.807) is 45.0 Å². The predicted molar refractivity (Wildman–Crippen MR) is 188 cm³/mol. The van der Waals surface area contributed by atoms with Gasteiger partial charge >= 0.3 is 13.1 Å². The van der Waals surface area contributed by atoms with Crippen LogP contribution in [0.2, 0.25) is 0 Å². The highest BCUT2D eigenvalue weighted by atomic mass is 16.6. The van der Waals surface area contributed by atoms with Crippen LogP contribution in [0.3, 0.4) is 0 Å². The lowest BCUT2D eigenvalue weighted by Crippen LogP contribution is -2.48. The molecule has 1 aliphatic rings. The van der Waals surface area contributed by atoms with Gasteiger partial charge in [-0.25, -0.2) is 4.79 Å². The van der Waals surface area contributed by atoms with Crippen LogP contribution >= 0.6 is 0 Å². The Morgan fingerprint density at radius 1 is 0.918 bits per heavy atom. The molecule has 0 unspecified atom stereocenters. The number of ether oxygens (including phenoxy) is 3. The number of Topliss-reactive ketones (excluding diaryl/α,β-unsaturated/α-hetero) is 1. The smallest absolute Gasteiger partial charge is 0.488 e. The Hall–Kier alpha value is -4.03. The van der Waals surface area contributed by atoms with E-state index >= 15 is 0 Å². The number of hydrogen-bond donors (Lipinski definition) is 3. The predicted octanol–water partition coefficient (Wildman–Crippen LogP) is 3.24. The highest BCUT2D eigenvalue weighted by Crippen LogP contribution is 2.20. The molecule has 11 heteroatoms. The first-order chi connectivity index (χ1) is 23.4. The van der Waals surface area contributed by atoms with Gasteiger partial charge in [-0.2, -0.15) is 0 Å². The fourth-order valence-corrected chi connectivity index (χ4v) is 5.65. The minimum Gasteiger partial charge on any atom is -0.489 e. The molecular weight excluding hydrogens is 623 g/mol. The van der Waals surface area contributed by atoms with Crippen LogP contribution in [-0.4, -0.2) is 84.2 Å². The zero-order valence-corrected chi connectivity index (χ0v) is 28.8. The second-order valence-electron chi connectivity index (χ2n) is 13.5. The number of hydrogen-bond acceptors (Lipinski definition) is 9. The van der Waals surface area contributed by atoms with Crippen molar-refractivity contribution in [2.75, 3.05) is 32.8 Å². The topological polar surface area (TPSA) is 135 Å². The third-order valence-electron chi connectivity index (χ3n) is 8.28. The summed E-state index contributed by atoms with van der Waals surface area (Å²) in [7, 11) is -1.67. The molecule has 4 rings (SSSR count). The van der Waals surface area contributed by atoms with Crippen molar-refractivity contribution in [2.45, 2.75) is 71.1 Å². The summed E-state index contributed by atoms with van der Waals surface area (Å²) in [5, 5.41) is 22.2. The normalized spacial score (nSPS) is 14.8. The molecule has 3 aromatic rings. The second kappa shape index (κ2) is 18.7. The second-order valence-corrected chi connectivity index (χ2v) is 13.5. The maximum atomic E-state index is 13.9. The van der Waals surface area contributed by atoms with Crippen molar-refractivity contribution in [1.29, 1.82) is 0 Å². The summed E-state index contributed by atoms with van der Waals surface area (Å²) in [4.78, 5) is 42.8. The molecule has 0 aromatic heterocycles. The molecule has 1 aliphatic heterocycles. The zero-order chi connectivity index (χ0) is 35.2. The van der Waals surface area contributed by atoms with Crippen LogP contribution in [0.4, 0.5) is 0 Å². The molecule has 0 bridgehead atoms. The number of nitrogens with one attached hydrogen (secondary N) is 1. The Labute approximate surface area is 289 Å². The SMILES string of the molecule is CC(C)(C)OC(=O)[C@H](Cc1cccc(B(O)O)c1)NC(=O)[C@H](CCN1CCOCC1)CC(=O)CCc1cccc(OCc2ccccc2)c1. The fraction of sp³-hybridized carbons (Fsp3) is 0.447. The monoisotopic (exact) mass is 672 g/mol. The quantitative estimate of drug-likeness (QED) is 0.146. The number of rotatable bonds is 17. The van der Waals surface area contributed by atoms with Crippen LogP contribution in [0.1, 0.15) is 56.7 Å². The van der Waals surface area contributed by atoms with E-state index in [4.69, 9.17) is 14.2 Å². The van der Waals surface area contributed by atoms with Crippen LogP contribution in [0.5, 0.6) is 5.75 Å². The third-order valence-corrected chi connectivity index (χ3v) is 8.28. The van der Waals surface area contributed by atoms with Crippen LogP contribution in [0.25, 0.3) is 0 Å². The Bertz CT molecular complexity index is 1500. The van der Waals surface area contributed by atoms with Crippen LogP contribution in [0, 0.1) is 5.92 Å². The molecule has 1 saturated heterocycles. The molecule has 1 fully saturated rings. The molecule has 262 valence electrons. The first-order valence-electron chi connectivity index (χ1n) is 17.0. The number of nitrogens with zero attached hydrogens (tertiary/aromatic N) is 1. The summed E-state index contributed by atoms with van der Waals surface area (Å²) < 4.78 is 17.1. The Morgan fingerprint density at radius 3 is 2.33 bits per heavy atom. The van der Waals surface area contributed by atoms with Crippen molar-refractivity contribution in [3.05, 3.63) is 95.6 Å². The maximum absolute atomic E-state index is 13.9. The van der Waals surface area contributed by atoms with Gasteiger partial charge in [0.05, 0.1) is 13.2 Å². The van der Waals surface area contributed by atoms with Crippen LogP contribution < -0.4 is 15.5 Å².